The van der Waals surface area contributed by atoms with Gasteiger partial charge < -0.3 is 10.4 Å². The molecule has 1 unspecified atom stereocenters. The molecule has 0 amide bonds. The van der Waals surface area contributed by atoms with Gasteiger partial charge in [-0.3, -0.25) is 4.79 Å². The maximum Gasteiger partial charge on any atom is 0.320 e. The molecule has 0 radical (unpaired) electrons. The summed E-state index contributed by atoms with van der Waals surface area (Å²) >= 11 is 0. The highest BCUT2D eigenvalue weighted by molar-refractivity contribution is 5.73. The zero-order chi connectivity index (χ0) is 12.0. The smallest absolute Gasteiger partial charge is 0.320 e. The monoisotopic (exact) mass is 215 g/mol. The quantitative estimate of drug-likeness (QED) is 0.685. The van der Waals surface area contributed by atoms with Crippen molar-refractivity contribution in [1.29, 1.82) is 0 Å². The van der Waals surface area contributed by atoms with Crippen LogP contribution in [0.5, 0.6) is 0 Å². The molecule has 2 N–H and O–H groups in total. The molecule has 0 fully saturated rings. The van der Waals surface area contributed by atoms with E-state index in [9.17, 15) is 4.79 Å². The standard InChI is InChI=1S/C12H25NO2/c1-8(2)6-10(5)7-13-11(9(3)4)12(14)15/h8-11,13H,6-7H2,1-5H3,(H,14,15)/t10?,11-/m0/s1. The van der Waals surface area contributed by atoms with Crippen LogP contribution in [-0.2, 0) is 4.79 Å². The molecule has 0 rings (SSSR count). The summed E-state index contributed by atoms with van der Waals surface area (Å²) in [4.78, 5) is 10.9. The lowest BCUT2D eigenvalue weighted by Crippen LogP contribution is -2.42. The molecule has 0 spiro atoms. The SMILES string of the molecule is CC(C)CC(C)CN[C@H](C(=O)O)C(C)C. The summed E-state index contributed by atoms with van der Waals surface area (Å²) in [5, 5.41) is 12.1. The van der Waals surface area contributed by atoms with Gasteiger partial charge in [-0.25, -0.2) is 0 Å². The first-order valence-electron chi connectivity index (χ1n) is 5.80. The van der Waals surface area contributed by atoms with Crippen molar-refractivity contribution in [3.05, 3.63) is 0 Å². The maximum atomic E-state index is 10.9. The second-order valence-electron chi connectivity index (χ2n) is 5.20. The molecule has 3 nitrogen and oxygen atoms in total. The van der Waals surface area contributed by atoms with Gasteiger partial charge in [-0.05, 0) is 30.7 Å². The van der Waals surface area contributed by atoms with E-state index in [1.54, 1.807) is 0 Å². The van der Waals surface area contributed by atoms with Crippen molar-refractivity contribution in [3.63, 3.8) is 0 Å². The fraction of sp³-hybridized carbons (Fsp3) is 0.917. The molecular formula is C12H25NO2. The first-order valence-corrected chi connectivity index (χ1v) is 5.80. The largest absolute Gasteiger partial charge is 0.480 e. The number of nitrogens with one attached hydrogen (secondary N) is 1. The lowest BCUT2D eigenvalue weighted by molar-refractivity contribution is -0.140. The maximum absolute atomic E-state index is 10.9. The van der Waals surface area contributed by atoms with Crippen LogP contribution in [-0.4, -0.2) is 23.7 Å². The highest BCUT2D eigenvalue weighted by Gasteiger charge is 2.21. The van der Waals surface area contributed by atoms with Crippen LogP contribution in [0, 0.1) is 17.8 Å². The van der Waals surface area contributed by atoms with Gasteiger partial charge in [0.05, 0.1) is 0 Å². The van der Waals surface area contributed by atoms with Crippen LogP contribution in [0.25, 0.3) is 0 Å². The zero-order valence-electron chi connectivity index (χ0n) is 10.6. The first-order chi connectivity index (χ1) is 6.84. The number of aliphatic carboxylic acids is 1. The lowest BCUT2D eigenvalue weighted by Gasteiger charge is -2.21. The van der Waals surface area contributed by atoms with Gasteiger partial charge in [-0.1, -0.05) is 34.6 Å². The van der Waals surface area contributed by atoms with Gasteiger partial charge in [-0.15, -0.1) is 0 Å². The molecule has 0 saturated carbocycles. The van der Waals surface area contributed by atoms with E-state index in [2.05, 4.69) is 26.1 Å². The Morgan fingerprint density at radius 1 is 1.20 bits per heavy atom. The topological polar surface area (TPSA) is 49.3 Å². The Morgan fingerprint density at radius 2 is 1.73 bits per heavy atom. The van der Waals surface area contributed by atoms with E-state index in [1.165, 1.54) is 0 Å². The Labute approximate surface area is 93.3 Å². The van der Waals surface area contributed by atoms with Gasteiger partial charge in [0.25, 0.3) is 0 Å². The van der Waals surface area contributed by atoms with E-state index in [1.807, 2.05) is 13.8 Å². The predicted octanol–water partition coefficient (Wildman–Crippen LogP) is 2.37. The molecule has 2 atom stereocenters. The van der Waals surface area contributed by atoms with Gasteiger partial charge in [0.1, 0.15) is 6.04 Å². The summed E-state index contributed by atoms with van der Waals surface area (Å²) < 4.78 is 0. The van der Waals surface area contributed by atoms with Crippen molar-refractivity contribution in [3.8, 4) is 0 Å². The van der Waals surface area contributed by atoms with Gasteiger partial charge in [-0.2, -0.15) is 0 Å². The number of rotatable bonds is 7. The number of carboxylic acid groups (broad SMARTS) is 1. The van der Waals surface area contributed by atoms with Crippen LogP contribution in [0.2, 0.25) is 0 Å². The number of carboxylic acids is 1. The normalized spacial score (nSPS) is 15.7. The Kier molecular flexibility index (Phi) is 6.57. The van der Waals surface area contributed by atoms with Crippen LogP contribution >= 0.6 is 0 Å². The van der Waals surface area contributed by atoms with Crippen molar-refractivity contribution in [1.82, 2.24) is 5.32 Å². The first kappa shape index (κ1) is 14.4. The zero-order valence-corrected chi connectivity index (χ0v) is 10.6. The minimum absolute atomic E-state index is 0.133. The minimum Gasteiger partial charge on any atom is -0.480 e. The Bertz CT molecular complexity index is 190. The molecule has 0 aliphatic rings. The number of hydrogen-bond donors (Lipinski definition) is 2. The molecule has 15 heavy (non-hydrogen) atoms. The van der Waals surface area contributed by atoms with Crippen molar-refractivity contribution < 1.29 is 9.90 Å². The summed E-state index contributed by atoms with van der Waals surface area (Å²) in [6.07, 6.45) is 1.14. The predicted molar refractivity (Wildman–Crippen MR) is 62.9 cm³/mol. The van der Waals surface area contributed by atoms with E-state index >= 15 is 0 Å². The Hall–Kier alpha value is -0.570. The third-order valence-electron chi connectivity index (χ3n) is 2.49. The van der Waals surface area contributed by atoms with Gasteiger partial charge in [0.15, 0.2) is 0 Å². The molecule has 0 aromatic heterocycles. The van der Waals surface area contributed by atoms with E-state index in [4.69, 9.17) is 5.11 Å². The van der Waals surface area contributed by atoms with Crippen molar-refractivity contribution in [2.75, 3.05) is 6.54 Å². The summed E-state index contributed by atoms with van der Waals surface area (Å²) in [6, 6.07) is -0.417. The van der Waals surface area contributed by atoms with Crippen molar-refractivity contribution in [2.24, 2.45) is 17.8 Å². The molecule has 0 aromatic carbocycles. The van der Waals surface area contributed by atoms with Crippen LogP contribution in [0.3, 0.4) is 0 Å². The lowest BCUT2D eigenvalue weighted by atomic mass is 9.97. The van der Waals surface area contributed by atoms with E-state index in [0.29, 0.717) is 11.8 Å². The molecule has 0 aliphatic carbocycles. The average Bonchev–Trinajstić information content (AvgIpc) is 2.00. The molecule has 0 aliphatic heterocycles. The summed E-state index contributed by atoms with van der Waals surface area (Å²) in [6.45, 7) is 11.2. The highest BCUT2D eigenvalue weighted by atomic mass is 16.4. The van der Waals surface area contributed by atoms with Crippen LogP contribution in [0.4, 0.5) is 0 Å². The molecule has 0 saturated heterocycles. The van der Waals surface area contributed by atoms with E-state index in [0.717, 1.165) is 13.0 Å². The summed E-state index contributed by atoms with van der Waals surface area (Å²) in [5.41, 5.74) is 0. The van der Waals surface area contributed by atoms with E-state index in [-0.39, 0.29) is 5.92 Å². The third-order valence-corrected chi connectivity index (χ3v) is 2.49. The second kappa shape index (κ2) is 6.83. The summed E-state index contributed by atoms with van der Waals surface area (Å²) in [7, 11) is 0. The van der Waals surface area contributed by atoms with Gasteiger partial charge in [0, 0.05) is 0 Å². The van der Waals surface area contributed by atoms with Crippen molar-refractivity contribution >= 4 is 5.97 Å². The average molecular weight is 215 g/mol. The second-order valence-corrected chi connectivity index (χ2v) is 5.20. The third kappa shape index (κ3) is 6.50. The van der Waals surface area contributed by atoms with Crippen LogP contribution in [0.1, 0.15) is 41.0 Å². The fourth-order valence-electron chi connectivity index (χ4n) is 1.82. The molecule has 90 valence electrons. The Balaban J connectivity index is 3.94. The number of hydrogen-bond acceptors (Lipinski definition) is 2. The highest BCUT2D eigenvalue weighted by Crippen LogP contribution is 2.11. The molecule has 0 bridgehead atoms. The Morgan fingerprint density at radius 3 is 2.07 bits per heavy atom. The van der Waals surface area contributed by atoms with E-state index < -0.39 is 12.0 Å². The molecular weight excluding hydrogens is 190 g/mol. The minimum atomic E-state index is -0.748. The van der Waals surface area contributed by atoms with Crippen LogP contribution in [0.15, 0.2) is 0 Å². The van der Waals surface area contributed by atoms with Crippen molar-refractivity contribution in [2.45, 2.75) is 47.1 Å². The molecule has 0 aromatic rings. The summed E-state index contributed by atoms with van der Waals surface area (Å²) in [5.74, 6) is 0.588. The number of carbonyl (C=O) groups is 1. The van der Waals surface area contributed by atoms with Gasteiger partial charge >= 0.3 is 5.97 Å². The molecule has 0 heterocycles. The molecule has 3 heteroatoms. The van der Waals surface area contributed by atoms with Gasteiger partial charge in [0.2, 0.25) is 0 Å². The fourth-order valence-corrected chi connectivity index (χ4v) is 1.82. The van der Waals surface area contributed by atoms with Crippen LogP contribution < -0.4 is 5.32 Å².